The van der Waals surface area contributed by atoms with Crippen molar-refractivity contribution < 1.29 is 14.3 Å². The molecule has 0 amide bonds. The number of benzene rings is 2. The number of ketones is 1. The fraction of sp³-hybridized carbons (Fsp3) is 0.222. The number of hydrogen-bond acceptors (Lipinski definition) is 3. The summed E-state index contributed by atoms with van der Waals surface area (Å²) in [5, 5.41) is 0. The Morgan fingerprint density at radius 2 is 1.77 bits per heavy atom. The van der Waals surface area contributed by atoms with Gasteiger partial charge in [0.2, 0.25) is 0 Å². The highest BCUT2D eigenvalue weighted by Gasteiger charge is 2.52. The van der Waals surface area contributed by atoms with Crippen LogP contribution in [0.25, 0.3) is 0 Å². The van der Waals surface area contributed by atoms with E-state index in [1.165, 1.54) is 0 Å². The first-order valence-electron chi connectivity index (χ1n) is 7.13. The smallest absolute Gasteiger partial charge is 0.317 e. The summed E-state index contributed by atoms with van der Waals surface area (Å²) in [6.45, 7) is -0.218. The lowest BCUT2D eigenvalue weighted by atomic mass is 9.96. The van der Waals surface area contributed by atoms with Crippen LogP contribution in [0.1, 0.15) is 28.8 Å². The summed E-state index contributed by atoms with van der Waals surface area (Å²) in [6.07, 6.45) is 1.56. The maximum atomic E-state index is 12.3. The topological polar surface area (TPSA) is 43.4 Å². The molecule has 0 heterocycles. The van der Waals surface area contributed by atoms with Gasteiger partial charge in [0, 0.05) is 10.0 Å². The maximum Gasteiger partial charge on any atom is 0.317 e. The lowest BCUT2D eigenvalue weighted by Crippen LogP contribution is -2.25. The molecule has 0 atom stereocenters. The van der Waals surface area contributed by atoms with Crippen LogP contribution in [0.3, 0.4) is 0 Å². The summed E-state index contributed by atoms with van der Waals surface area (Å²) in [5.41, 5.74) is 0.959. The first kappa shape index (κ1) is 15.0. The molecule has 1 aliphatic rings. The largest absolute Gasteiger partial charge is 0.457 e. The zero-order valence-electron chi connectivity index (χ0n) is 11.9. The van der Waals surface area contributed by atoms with Gasteiger partial charge >= 0.3 is 5.97 Å². The van der Waals surface area contributed by atoms with Gasteiger partial charge in [0.25, 0.3) is 0 Å². The van der Waals surface area contributed by atoms with Crippen LogP contribution in [0.15, 0.2) is 59.1 Å². The van der Waals surface area contributed by atoms with Gasteiger partial charge in [-0.15, -0.1) is 0 Å². The third-order valence-electron chi connectivity index (χ3n) is 3.95. The van der Waals surface area contributed by atoms with E-state index in [0.717, 1.165) is 22.9 Å². The molecule has 1 aliphatic carbocycles. The van der Waals surface area contributed by atoms with Crippen LogP contribution in [-0.2, 0) is 14.9 Å². The standard InChI is InChI=1S/C18H15BrO3/c19-15-8-4-5-13(11-15)16(20)12-22-17(21)18(9-10-18)14-6-2-1-3-7-14/h1-8,11H,9-10,12H2. The molecule has 2 aromatic carbocycles. The van der Waals surface area contributed by atoms with E-state index in [1.54, 1.807) is 18.2 Å². The average molecular weight is 359 g/mol. The minimum atomic E-state index is -0.543. The number of carbonyl (C=O) groups is 2. The van der Waals surface area contributed by atoms with E-state index in [9.17, 15) is 9.59 Å². The second-order valence-electron chi connectivity index (χ2n) is 5.46. The molecule has 2 aromatic rings. The molecule has 0 aromatic heterocycles. The summed E-state index contributed by atoms with van der Waals surface area (Å²) >= 11 is 3.32. The highest BCUT2D eigenvalue weighted by Crippen LogP contribution is 2.49. The van der Waals surface area contributed by atoms with E-state index in [0.29, 0.717) is 5.56 Å². The summed E-state index contributed by atoms with van der Waals surface area (Å²) in [7, 11) is 0. The molecular formula is C18H15BrO3. The number of rotatable bonds is 5. The molecule has 1 fully saturated rings. The van der Waals surface area contributed by atoms with Crippen molar-refractivity contribution in [3.8, 4) is 0 Å². The quantitative estimate of drug-likeness (QED) is 0.601. The lowest BCUT2D eigenvalue weighted by Gasteiger charge is -2.14. The van der Waals surface area contributed by atoms with Crippen molar-refractivity contribution in [2.24, 2.45) is 0 Å². The van der Waals surface area contributed by atoms with E-state index in [4.69, 9.17) is 4.74 Å². The average Bonchev–Trinajstić information content (AvgIpc) is 3.35. The molecule has 112 valence electrons. The number of hydrogen-bond donors (Lipinski definition) is 0. The minimum Gasteiger partial charge on any atom is -0.457 e. The predicted octanol–water partition coefficient (Wildman–Crippen LogP) is 3.91. The zero-order chi connectivity index (χ0) is 15.6. The molecule has 0 saturated heterocycles. The normalized spacial score (nSPS) is 15.1. The van der Waals surface area contributed by atoms with Gasteiger partial charge in [0.1, 0.15) is 0 Å². The number of esters is 1. The van der Waals surface area contributed by atoms with Crippen LogP contribution in [0.5, 0.6) is 0 Å². The maximum absolute atomic E-state index is 12.3. The lowest BCUT2D eigenvalue weighted by molar-refractivity contribution is -0.145. The van der Waals surface area contributed by atoms with Crippen LogP contribution in [0.4, 0.5) is 0 Å². The van der Waals surface area contributed by atoms with Crippen molar-refractivity contribution in [2.45, 2.75) is 18.3 Å². The predicted molar refractivity (Wildman–Crippen MR) is 86.8 cm³/mol. The monoisotopic (exact) mass is 358 g/mol. The number of ether oxygens (including phenoxy) is 1. The molecule has 3 rings (SSSR count). The van der Waals surface area contributed by atoms with Crippen molar-refractivity contribution >= 4 is 27.7 Å². The molecule has 22 heavy (non-hydrogen) atoms. The van der Waals surface area contributed by atoms with Gasteiger partial charge in [-0.1, -0.05) is 58.4 Å². The van der Waals surface area contributed by atoms with Gasteiger partial charge in [-0.3, -0.25) is 9.59 Å². The first-order chi connectivity index (χ1) is 10.6. The van der Waals surface area contributed by atoms with Crippen LogP contribution in [-0.4, -0.2) is 18.4 Å². The molecule has 0 unspecified atom stereocenters. The summed E-state index contributed by atoms with van der Waals surface area (Å²) in [4.78, 5) is 24.4. The van der Waals surface area contributed by atoms with E-state index in [2.05, 4.69) is 15.9 Å². The third-order valence-corrected chi connectivity index (χ3v) is 4.44. The Bertz CT molecular complexity index is 705. The van der Waals surface area contributed by atoms with E-state index in [-0.39, 0.29) is 18.4 Å². The molecule has 4 heteroatoms. The minimum absolute atomic E-state index is 0.196. The first-order valence-corrected chi connectivity index (χ1v) is 7.93. The molecule has 0 aliphatic heterocycles. The second-order valence-corrected chi connectivity index (χ2v) is 6.37. The molecule has 0 radical (unpaired) electrons. The number of halogens is 1. The van der Waals surface area contributed by atoms with Crippen molar-refractivity contribution in [1.82, 2.24) is 0 Å². The van der Waals surface area contributed by atoms with E-state index in [1.807, 2.05) is 36.4 Å². The molecule has 0 bridgehead atoms. The summed E-state index contributed by atoms with van der Waals surface area (Å²) in [6, 6.07) is 16.7. The Kier molecular flexibility index (Phi) is 4.12. The van der Waals surface area contributed by atoms with Crippen molar-refractivity contribution in [3.63, 3.8) is 0 Å². The summed E-state index contributed by atoms with van der Waals surface area (Å²) in [5.74, 6) is -0.499. The van der Waals surface area contributed by atoms with Gasteiger partial charge in [-0.2, -0.15) is 0 Å². The van der Waals surface area contributed by atoms with E-state index >= 15 is 0 Å². The van der Waals surface area contributed by atoms with Gasteiger partial charge in [-0.25, -0.2) is 0 Å². The highest BCUT2D eigenvalue weighted by atomic mass is 79.9. The SMILES string of the molecule is O=C(COC(=O)C1(c2ccccc2)CC1)c1cccc(Br)c1. The zero-order valence-corrected chi connectivity index (χ0v) is 13.5. The van der Waals surface area contributed by atoms with Gasteiger partial charge < -0.3 is 4.74 Å². The molecule has 0 spiro atoms. The van der Waals surface area contributed by atoms with Crippen LogP contribution in [0.2, 0.25) is 0 Å². The van der Waals surface area contributed by atoms with Crippen LogP contribution < -0.4 is 0 Å². The van der Waals surface area contributed by atoms with Gasteiger partial charge in [0.15, 0.2) is 12.4 Å². The van der Waals surface area contributed by atoms with Crippen molar-refractivity contribution in [2.75, 3.05) is 6.61 Å². The van der Waals surface area contributed by atoms with E-state index < -0.39 is 5.41 Å². The summed E-state index contributed by atoms with van der Waals surface area (Å²) < 4.78 is 6.10. The third kappa shape index (κ3) is 2.97. The van der Waals surface area contributed by atoms with Gasteiger partial charge in [0.05, 0.1) is 5.41 Å². The Morgan fingerprint density at radius 3 is 2.41 bits per heavy atom. The Morgan fingerprint density at radius 1 is 1.05 bits per heavy atom. The van der Waals surface area contributed by atoms with Crippen LogP contribution in [0, 0.1) is 0 Å². The molecule has 0 N–H and O–H groups in total. The van der Waals surface area contributed by atoms with Crippen LogP contribution >= 0.6 is 15.9 Å². The second kappa shape index (κ2) is 6.05. The Balaban J connectivity index is 1.65. The Hall–Kier alpha value is -1.94. The van der Waals surface area contributed by atoms with Crippen molar-refractivity contribution in [1.29, 1.82) is 0 Å². The fourth-order valence-electron chi connectivity index (χ4n) is 2.51. The fourth-order valence-corrected chi connectivity index (χ4v) is 2.91. The number of Topliss-reactive ketones (excluding diaryl/α,β-unsaturated/α-hetero) is 1. The molecule has 3 nitrogen and oxygen atoms in total. The number of carbonyl (C=O) groups excluding carboxylic acids is 2. The molecular weight excluding hydrogens is 344 g/mol. The Labute approximate surface area is 137 Å². The van der Waals surface area contributed by atoms with Gasteiger partial charge in [-0.05, 0) is 30.5 Å². The molecule has 1 saturated carbocycles. The highest BCUT2D eigenvalue weighted by molar-refractivity contribution is 9.10. The van der Waals surface area contributed by atoms with Crippen molar-refractivity contribution in [3.05, 3.63) is 70.2 Å².